The van der Waals surface area contributed by atoms with Crippen molar-refractivity contribution in [1.82, 2.24) is 5.32 Å². The summed E-state index contributed by atoms with van der Waals surface area (Å²) in [5, 5.41) is 14.3. The van der Waals surface area contributed by atoms with E-state index in [4.69, 9.17) is 0 Å². The molecule has 100 valence electrons. The van der Waals surface area contributed by atoms with Gasteiger partial charge in [-0.2, -0.15) is 0 Å². The summed E-state index contributed by atoms with van der Waals surface area (Å²) >= 11 is 0. The van der Waals surface area contributed by atoms with Crippen molar-refractivity contribution in [2.45, 2.75) is 77.4 Å². The zero-order valence-corrected chi connectivity index (χ0v) is 11.8. The predicted octanol–water partition coefficient (Wildman–Crippen LogP) is 3.10. The second-order valence-corrected chi connectivity index (χ2v) is 7.25. The first kappa shape index (κ1) is 13.4. The van der Waals surface area contributed by atoms with Crippen molar-refractivity contribution in [1.29, 1.82) is 0 Å². The van der Waals surface area contributed by atoms with Crippen molar-refractivity contribution in [3.63, 3.8) is 0 Å². The van der Waals surface area contributed by atoms with Crippen molar-refractivity contribution in [2.75, 3.05) is 6.54 Å². The molecule has 2 heteroatoms. The van der Waals surface area contributed by atoms with Crippen molar-refractivity contribution in [2.24, 2.45) is 11.3 Å². The highest BCUT2D eigenvalue weighted by atomic mass is 16.3. The quantitative estimate of drug-likeness (QED) is 0.737. The summed E-state index contributed by atoms with van der Waals surface area (Å²) in [6.07, 6.45) is 8.09. The van der Waals surface area contributed by atoms with E-state index in [9.17, 15) is 5.11 Å². The molecule has 1 heterocycles. The maximum atomic E-state index is 10.8. The standard InChI is InChI=1S/C15H29NO/c1-14(2,3)12-7-9-15(17,10-8-12)13-6-4-5-11-16-13/h12-13,16-17H,4-11H2,1-3H3. The molecule has 1 atom stereocenters. The Morgan fingerprint density at radius 3 is 2.18 bits per heavy atom. The molecule has 2 fully saturated rings. The first-order valence-corrected chi connectivity index (χ1v) is 7.38. The summed E-state index contributed by atoms with van der Waals surface area (Å²) in [6, 6.07) is 0.358. The van der Waals surface area contributed by atoms with Gasteiger partial charge in [0.15, 0.2) is 0 Å². The first-order valence-electron chi connectivity index (χ1n) is 7.38. The Morgan fingerprint density at radius 2 is 1.71 bits per heavy atom. The first-order chi connectivity index (χ1) is 7.92. The number of piperidine rings is 1. The van der Waals surface area contributed by atoms with Crippen LogP contribution in [0.25, 0.3) is 0 Å². The van der Waals surface area contributed by atoms with Crippen LogP contribution in [0.1, 0.15) is 65.7 Å². The highest BCUT2D eigenvalue weighted by Gasteiger charge is 2.42. The average Bonchev–Trinajstić information content (AvgIpc) is 2.29. The Morgan fingerprint density at radius 1 is 1.06 bits per heavy atom. The molecule has 0 aromatic heterocycles. The van der Waals surface area contributed by atoms with Crippen molar-refractivity contribution in [3.8, 4) is 0 Å². The fraction of sp³-hybridized carbons (Fsp3) is 1.00. The zero-order chi connectivity index (χ0) is 12.5. The minimum absolute atomic E-state index is 0.358. The smallest absolute Gasteiger partial charge is 0.0800 e. The Bertz CT molecular complexity index is 242. The van der Waals surface area contributed by atoms with Gasteiger partial charge in [-0.05, 0) is 56.4 Å². The SMILES string of the molecule is CC(C)(C)C1CCC(O)(C2CCCCN2)CC1. The third kappa shape index (κ3) is 3.03. The summed E-state index contributed by atoms with van der Waals surface area (Å²) in [4.78, 5) is 0. The van der Waals surface area contributed by atoms with Crippen molar-refractivity contribution in [3.05, 3.63) is 0 Å². The van der Waals surface area contributed by atoms with E-state index in [2.05, 4.69) is 26.1 Å². The van der Waals surface area contributed by atoms with E-state index in [1.165, 1.54) is 25.7 Å². The lowest BCUT2D eigenvalue weighted by molar-refractivity contribution is -0.0589. The third-order valence-corrected chi connectivity index (χ3v) is 5.04. The highest BCUT2D eigenvalue weighted by Crippen LogP contribution is 2.43. The van der Waals surface area contributed by atoms with Crippen LogP contribution in [0.2, 0.25) is 0 Å². The van der Waals surface area contributed by atoms with Crippen LogP contribution in [-0.2, 0) is 0 Å². The Kier molecular flexibility index (Phi) is 3.84. The van der Waals surface area contributed by atoms with Crippen molar-refractivity contribution >= 4 is 0 Å². The van der Waals surface area contributed by atoms with E-state index in [-0.39, 0.29) is 0 Å². The van der Waals surface area contributed by atoms with E-state index in [1.54, 1.807) is 0 Å². The Labute approximate surface area is 106 Å². The molecule has 1 aliphatic heterocycles. The second-order valence-electron chi connectivity index (χ2n) is 7.25. The van der Waals surface area contributed by atoms with Gasteiger partial charge in [-0.25, -0.2) is 0 Å². The molecule has 0 radical (unpaired) electrons. The summed E-state index contributed by atoms with van der Waals surface area (Å²) in [5.41, 5.74) is -0.0104. The maximum absolute atomic E-state index is 10.8. The van der Waals surface area contributed by atoms with Crippen LogP contribution in [0, 0.1) is 11.3 Å². The van der Waals surface area contributed by atoms with Crippen LogP contribution in [0.15, 0.2) is 0 Å². The molecule has 17 heavy (non-hydrogen) atoms. The summed E-state index contributed by atoms with van der Waals surface area (Å²) < 4.78 is 0. The molecular formula is C15H29NO. The average molecular weight is 239 g/mol. The fourth-order valence-corrected chi connectivity index (χ4v) is 3.64. The second kappa shape index (κ2) is 4.89. The molecule has 1 saturated carbocycles. The Hall–Kier alpha value is -0.0800. The van der Waals surface area contributed by atoms with Gasteiger partial charge >= 0.3 is 0 Å². The number of rotatable bonds is 1. The van der Waals surface area contributed by atoms with Crippen LogP contribution in [0.3, 0.4) is 0 Å². The van der Waals surface area contributed by atoms with Gasteiger partial charge in [-0.1, -0.05) is 27.2 Å². The molecule has 0 bridgehead atoms. The number of hydrogen-bond donors (Lipinski definition) is 2. The van der Waals surface area contributed by atoms with Gasteiger partial charge < -0.3 is 10.4 Å². The van der Waals surface area contributed by atoms with E-state index >= 15 is 0 Å². The predicted molar refractivity (Wildman–Crippen MR) is 72.0 cm³/mol. The molecule has 1 aliphatic carbocycles. The molecular weight excluding hydrogens is 210 g/mol. The molecule has 1 saturated heterocycles. The van der Waals surface area contributed by atoms with Gasteiger partial charge in [0.2, 0.25) is 0 Å². The molecule has 0 spiro atoms. The van der Waals surface area contributed by atoms with Gasteiger partial charge in [0, 0.05) is 6.04 Å². The van der Waals surface area contributed by atoms with Crippen LogP contribution >= 0.6 is 0 Å². The van der Waals surface area contributed by atoms with Gasteiger partial charge in [-0.15, -0.1) is 0 Å². The van der Waals surface area contributed by atoms with Gasteiger partial charge in [-0.3, -0.25) is 0 Å². The monoisotopic (exact) mass is 239 g/mol. The largest absolute Gasteiger partial charge is 0.388 e. The van der Waals surface area contributed by atoms with Gasteiger partial charge in [0.1, 0.15) is 0 Å². The molecule has 1 unspecified atom stereocenters. The third-order valence-electron chi connectivity index (χ3n) is 5.04. The van der Waals surface area contributed by atoms with Gasteiger partial charge in [0.05, 0.1) is 5.60 Å². The van der Waals surface area contributed by atoms with Crippen LogP contribution < -0.4 is 5.32 Å². The normalized spacial score (nSPS) is 40.2. The van der Waals surface area contributed by atoms with Crippen molar-refractivity contribution < 1.29 is 5.11 Å². The molecule has 2 N–H and O–H groups in total. The summed E-state index contributed by atoms with van der Waals surface area (Å²) in [6.45, 7) is 8.10. The summed E-state index contributed by atoms with van der Waals surface area (Å²) in [5.74, 6) is 0.784. The highest BCUT2D eigenvalue weighted by molar-refractivity contribution is 4.97. The van der Waals surface area contributed by atoms with E-state index in [1.807, 2.05) is 0 Å². The topological polar surface area (TPSA) is 32.3 Å². The lowest BCUT2D eigenvalue weighted by Gasteiger charge is -2.46. The van der Waals surface area contributed by atoms with E-state index in [0.29, 0.717) is 11.5 Å². The number of nitrogens with one attached hydrogen (secondary N) is 1. The molecule has 0 aromatic carbocycles. The maximum Gasteiger partial charge on any atom is 0.0800 e. The fourth-order valence-electron chi connectivity index (χ4n) is 3.64. The van der Waals surface area contributed by atoms with Crippen LogP contribution in [-0.4, -0.2) is 23.3 Å². The lowest BCUT2D eigenvalue weighted by atomic mass is 9.66. The lowest BCUT2D eigenvalue weighted by Crippen LogP contribution is -2.54. The molecule has 2 aliphatic rings. The Balaban J connectivity index is 1.92. The number of hydrogen-bond acceptors (Lipinski definition) is 2. The van der Waals surface area contributed by atoms with Gasteiger partial charge in [0.25, 0.3) is 0 Å². The minimum atomic E-state index is -0.415. The molecule has 0 aromatic rings. The summed E-state index contributed by atoms with van der Waals surface area (Å²) in [7, 11) is 0. The van der Waals surface area contributed by atoms with E-state index < -0.39 is 5.60 Å². The van der Waals surface area contributed by atoms with E-state index in [0.717, 1.165) is 31.7 Å². The molecule has 2 rings (SSSR count). The van der Waals surface area contributed by atoms with Crippen LogP contribution in [0.5, 0.6) is 0 Å². The zero-order valence-electron chi connectivity index (χ0n) is 11.8. The number of aliphatic hydroxyl groups is 1. The molecule has 2 nitrogen and oxygen atoms in total. The minimum Gasteiger partial charge on any atom is -0.388 e. The van der Waals surface area contributed by atoms with Crippen LogP contribution in [0.4, 0.5) is 0 Å². The molecule has 0 amide bonds.